The quantitative estimate of drug-likeness (QED) is 0.0416. The normalized spacial score (nSPS) is 12.5. The minimum absolute atomic E-state index is 0.0382. The van der Waals surface area contributed by atoms with E-state index in [1.807, 2.05) is 13.8 Å². The van der Waals surface area contributed by atoms with E-state index < -0.39 is 28.6 Å². The van der Waals surface area contributed by atoms with Crippen molar-refractivity contribution in [3.8, 4) is 0 Å². The van der Waals surface area contributed by atoms with Gasteiger partial charge in [0.1, 0.15) is 6.61 Å². The maximum absolute atomic E-state index is 13.4. The van der Waals surface area contributed by atoms with Crippen molar-refractivity contribution in [2.45, 2.75) is 299 Å². The van der Waals surface area contributed by atoms with E-state index in [4.69, 9.17) is 9.47 Å². The number of esters is 1. The zero-order valence-corrected chi connectivity index (χ0v) is 43.4. The molecular formula is C54H108N2O6. The summed E-state index contributed by atoms with van der Waals surface area (Å²) in [7, 11) is 0. The molecule has 0 aliphatic heterocycles. The predicted octanol–water partition coefficient (Wildman–Crippen LogP) is 14.9. The highest BCUT2D eigenvalue weighted by Crippen LogP contribution is 2.38. The van der Waals surface area contributed by atoms with Crippen molar-refractivity contribution in [3.63, 3.8) is 0 Å². The number of carbonyl (C=O) groups excluding carboxylic acids is 3. The van der Waals surface area contributed by atoms with Crippen LogP contribution < -0.4 is 10.6 Å². The molecule has 0 aromatic carbocycles. The van der Waals surface area contributed by atoms with Crippen molar-refractivity contribution < 1.29 is 29.0 Å². The third-order valence-electron chi connectivity index (χ3n) is 12.3. The number of ether oxygens (including phenoxy) is 2. The number of unbranched alkanes of at least 4 members (excludes halogenated alkanes) is 28. The highest BCUT2D eigenvalue weighted by molar-refractivity contribution is 5.78. The van der Waals surface area contributed by atoms with Gasteiger partial charge in [-0.15, -0.1) is 0 Å². The molecule has 3 N–H and O–H groups in total. The lowest BCUT2D eigenvalue weighted by Crippen LogP contribution is -2.53. The van der Waals surface area contributed by atoms with Gasteiger partial charge >= 0.3 is 5.97 Å². The van der Waals surface area contributed by atoms with Gasteiger partial charge in [-0.1, -0.05) is 214 Å². The van der Waals surface area contributed by atoms with Gasteiger partial charge in [0.05, 0.1) is 29.3 Å². The topological polar surface area (TPSA) is 114 Å². The Morgan fingerprint density at radius 3 is 1.13 bits per heavy atom. The molecule has 0 saturated heterocycles. The SMILES string of the molecule is CC(C)C.CCCCCCCCCCCCCCCCCC(=O)NCC(COC(=O)C(C)(C)C(C)(C)OC(C)(C)CO)NC(=O)CCCCCCCCCCCCCCCCC. The number of nitrogens with one attached hydrogen (secondary N) is 2. The summed E-state index contributed by atoms with van der Waals surface area (Å²) >= 11 is 0. The zero-order chi connectivity index (χ0) is 47.0. The Labute approximate surface area is 386 Å². The summed E-state index contributed by atoms with van der Waals surface area (Å²) in [5.41, 5.74) is -2.82. The number of amides is 2. The van der Waals surface area contributed by atoms with Gasteiger partial charge in [-0.2, -0.15) is 0 Å². The molecular weight excluding hydrogens is 773 g/mol. The van der Waals surface area contributed by atoms with Crippen LogP contribution in [-0.2, 0) is 23.9 Å². The average Bonchev–Trinajstić information content (AvgIpc) is 3.20. The van der Waals surface area contributed by atoms with Crippen LogP contribution in [0.1, 0.15) is 282 Å². The van der Waals surface area contributed by atoms with E-state index in [0.29, 0.717) is 12.8 Å². The molecule has 1 unspecified atom stereocenters. The van der Waals surface area contributed by atoms with Gasteiger partial charge in [0.2, 0.25) is 11.8 Å². The summed E-state index contributed by atoms with van der Waals surface area (Å²) in [5.74, 6) is 0.251. The third-order valence-corrected chi connectivity index (χ3v) is 12.3. The molecule has 1 atom stereocenters. The maximum Gasteiger partial charge on any atom is 0.314 e. The van der Waals surface area contributed by atoms with E-state index in [0.717, 1.165) is 44.4 Å². The summed E-state index contributed by atoms with van der Waals surface area (Å²) in [6.45, 7) is 21.7. The van der Waals surface area contributed by atoms with Crippen LogP contribution in [0.3, 0.4) is 0 Å². The first-order chi connectivity index (χ1) is 29.5. The molecule has 0 radical (unpaired) electrons. The number of hydrogen-bond donors (Lipinski definition) is 3. The number of hydrogen-bond acceptors (Lipinski definition) is 6. The first kappa shape index (κ1) is 62.4. The fourth-order valence-electron chi connectivity index (χ4n) is 7.54. The Morgan fingerprint density at radius 2 is 0.806 bits per heavy atom. The predicted molar refractivity (Wildman–Crippen MR) is 266 cm³/mol. The van der Waals surface area contributed by atoms with Gasteiger partial charge in [-0.05, 0) is 60.3 Å². The van der Waals surface area contributed by atoms with Crippen LogP contribution in [0.2, 0.25) is 0 Å². The number of rotatable bonds is 42. The largest absolute Gasteiger partial charge is 0.463 e. The molecule has 0 aliphatic carbocycles. The number of aliphatic hydroxyl groups is 1. The second-order valence-electron chi connectivity index (χ2n) is 21.0. The van der Waals surface area contributed by atoms with E-state index >= 15 is 0 Å². The van der Waals surface area contributed by atoms with Crippen molar-refractivity contribution in [1.82, 2.24) is 10.6 Å². The molecule has 2 amide bonds. The lowest BCUT2D eigenvalue weighted by molar-refractivity contribution is -0.204. The Morgan fingerprint density at radius 1 is 0.500 bits per heavy atom. The molecule has 0 aromatic heterocycles. The van der Waals surface area contributed by atoms with Crippen LogP contribution in [0.25, 0.3) is 0 Å². The van der Waals surface area contributed by atoms with Gasteiger partial charge < -0.3 is 25.2 Å². The molecule has 370 valence electrons. The standard InChI is InChI=1S/C50H98N2O6.C4H10/c1-9-11-13-15-17-19-21-23-25-27-29-31-33-35-37-39-45(54)51-41-44(42-57-47(56)49(5,6)50(7,8)58-48(3,4)43-53)52-46(55)40-38-36-34-32-30-28-26-24-22-20-18-16-14-12-10-2;1-4(2)3/h44,53H,9-43H2,1-8H3,(H,51,54)(H,52,55);4H,1-3H3. The van der Waals surface area contributed by atoms with Crippen LogP contribution in [-0.4, -0.2) is 59.9 Å². The Hall–Kier alpha value is -1.67. The van der Waals surface area contributed by atoms with Gasteiger partial charge in [0.15, 0.2) is 0 Å². The van der Waals surface area contributed by atoms with Gasteiger partial charge in [-0.3, -0.25) is 14.4 Å². The molecule has 0 heterocycles. The molecule has 0 aromatic rings. The summed E-state index contributed by atoms with van der Waals surface area (Å²) in [4.78, 5) is 39.3. The zero-order valence-electron chi connectivity index (χ0n) is 43.4. The summed E-state index contributed by atoms with van der Waals surface area (Å²) < 4.78 is 12.0. The second-order valence-corrected chi connectivity index (χ2v) is 21.0. The first-order valence-electron chi connectivity index (χ1n) is 26.5. The highest BCUT2D eigenvalue weighted by Gasteiger charge is 2.48. The van der Waals surface area contributed by atoms with Gasteiger partial charge in [0.25, 0.3) is 0 Å². The first-order valence-corrected chi connectivity index (χ1v) is 26.5. The average molecular weight is 881 g/mol. The van der Waals surface area contributed by atoms with Crippen LogP contribution >= 0.6 is 0 Å². The van der Waals surface area contributed by atoms with Crippen molar-refractivity contribution in [2.75, 3.05) is 19.8 Å². The molecule has 0 bridgehead atoms. The fourth-order valence-corrected chi connectivity index (χ4v) is 7.54. The van der Waals surface area contributed by atoms with Gasteiger partial charge in [-0.25, -0.2) is 0 Å². The van der Waals surface area contributed by atoms with E-state index in [1.165, 1.54) is 154 Å². The number of aliphatic hydroxyl groups excluding tert-OH is 1. The maximum atomic E-state index is 13.4. The Bertz CT molecular complexity index is 1040. The molecule has 0 saturated carbocycles. The minimum atomic E-state index is -1.04. The number of carbonyl (C=O) groups is 3. The molecule has 8 heteroatoms. The van der Waals surface area contributed by atoms with Gasteiger partial charge in [0, 0.05) is 19.4 Å². The molecule has 0 spiro atoms. The lowest BCUT2D eigenvalue weighted by atomic mass is 9.76. The second kappa shape index (κ2) is 40.8. The Balaban J connectivity index is 0. The molecule has 0 fully saturated rings. The summed E-state index contributed by atoms with van der Waals surface area (Å²) in [6.07, 6.45) is 39.2. The van der Waals surface area contributed by atoms with Crippen LogP contribution in [0.4, 0.5) is 0 Å². The van der Waals surface area contributed by atoms with Crippen LogP contribution in [0.5, 0.6) is 0 Å². The van der Waals surface area contributed by atoms with Crippen molar-refractivity contribution in [2.24, 2.45) is 11.3 Å². The molecule has 0 rings (SSSR count). The minimum Gasteiger partial charge on any atom is -0.463 e. The molecule has 0 aliphatic rings. The van der Waals surface area contributed by atoms with Crippen molar-refractivity contribution in [3.05, 3.63) is 0 Å². The fraction of sp³-hybridized carbons (Fsp3) is 0.944. The molecule has 62 heavy (non-hydrogen) atoms. The van der Waals surface area contributed by atoms with E-state index in [9.17, 15) is 19.5 Å². The smallest absolute Gasteiger partial charge is 0.314 e. The lowest BCUT2D eigenvalue weighted by Gasteiger charge is -2.44. The van der Waals surface area contributed by atoms with Crippen LogP contribution in [0.15, 0.2) is 0 Å². The summed E-state index contributed by atoms with van der Waals surface area (Å²) in [6, 6.07) is -0.536. The van der Waals surface area contributed by atoms with Crippen LogP contribution in [0, 0.1) is 11.3 Å². The highest BCUT2D eigenvalue weighted by atomic mass is 16.6. The molecule has 8 nitrogen and oxygen atoms in total. The van der Waals surface area contributed by atoms with E-state index in [2.05, 4.69) is 45.3 Å². The Kier molecular flexibility index (Phi) is 41.1. The monoisotopic (exact) mass is 881 g/mol. The van der Waals surface area contributed by atoms with E-state index in [1.54, 1.807) is 27.7 Å². The summed E-state index contributed by atoms with van der Waals surface area (Å²) in [5, 5.41) is 15.8. The van der Waals surface area contributed by atoms with Crippen molar-refractivity contribution >= 4 is 17.8 Å². The van der Waals surface area contributed by atoms with Crippen molar-refractivity contribution in [1.29, 1.82) is 0 Å². The van der Waals surface area contributed by atoms with E-state index in [-0.39, 0.29) is 31.6 Å². The third kappa shape index (κ3) is 38.8.